The predicted octanol–water partition coefficient (Wildman–Crippen LogP) is 3.38. The molecule has 2 aromatic carbocycles. The molecule has 4 rings (SSSR count). The second-order valence-corrected chi connectivity index (χ2v) is 7.47. The highest BCUT2D eigenvalue weighted by Gasteiger charge is 2.29. The van der Waals surface area contributed by atoms with Crippen LogP contribution in [0.1, 0.15) is 17.5 Å². The summed E-state index contributed by atoms with van der Waals surface area (Å²) in [7, 11) is 1.65. The van der Waals surface area contributed by atoms with E-state index < -0.39 is 0 Å². The van der Waals surface area contributed by atoms with Crippen LogP contribution in [0.4, 0.5) is 11.4 Å². The van der Waals surface area contributed by atoms with Crippen molar-refractivity contribution in [3.05, 3.63) is 54.3 Å². The largest absolute Gasteiger partial charge is 0.497 e. The van der Waals surface area contributed by atoms with Gasteiger partial charge in [-0.1, -0.05) is 18.2 Å². The highest BCUT2D eigenvalue weighted by molar-refractivity contribution is 6.11. The Kier molecular flexibility index (Phi) is 6.61. The van der Waals surface area contributed by atoms with E-state index in [1.807, 2.05) is 49.4 Å². The van der Waals surface area contributed by atoms with Gasteiger partial charge < -0.3 is 29.0 Å². The molecular weight excluding hydrogens is 410 g/mol. The van der Waals surface area contributed by atoms with Crippen molar-refractivity contribution in [3.8, 4) is 5.75 Å². The molecule has 0 unspecified atom stereocenters. The minimum absolute atomic E-state index is 0.0805. The van der Waals surface area contributed by atoms with Crippen LogP contribution in [0.25, 0.3) is 11.0 Å². The van der Waals surface area contributed by atoms with Crippen molar-refractivity contribution in [2.75, 3.05) is 56.7 Å². The third kappa shape index (κ3) is 4.55. The van der Waals surface area contributed by atoms with Gasteiger partial charge in [0.2, 0.25) is 11.7 Å². The molecule has 0 aliphatic carbocycles. The number of rotatable bonds is 7. The standard InChI is InChI=1S/C24H27N3O5/c1-3-31-16-21(28)25-22-19-9-4-5-10-20(19)32-23(22)24(29)27-13-11-26(12-14-27)17-7-6-8-18(15-17)30-2/h4-10,15H,3,11-14,16H2,1-2H3,(H,25,28). The number of carbonyl (C=O) groups excluding carboxylic acids is 2. The van der Waals surface area contributed by atoms with Crippen LogP contribution < -0.4 is 15.0 Å². The quantitative estimate of drug-likeness (QED) is 0.610. The van der Waals surface area contributed by atoms with Gasteiger partial charge in [-0.25, -0.2) is 0 Å². The van der Waals surface area contributed by atoms with Crippen molar-refractivity contribution < 1.29 is 23.5 Å². The van der Waals surface area contributed by atoms with E-state index >= 15 is 0 Å². The first-order valence-electron chi connectivity index (χ1n) is 10.7. The van der Waals surface area contributed by atoms with E-state index in [0.717, 1.165) is 11.4 Å². The molecule has 0 bridgehead atoms. The summed E-state index contributed by atoms with van der Waals surface area (Å²) in [6.07, 6.45) is 0. The lowest BCUT2D eigenvalue weighted by Gasteiger charge is -2.36. The molecule has 1 saturated heterocycles. The average molecular weight is 437 g/mol. The molecule has 1 aliphatic rings. The zero-order valence-corrected chi connectivity index (χ0v) is 18.3. The second kappa shape index (κ2) is 9.74. The summed E-state index contributed by atoms with van der Waals surface area (Å²) in [6.45, 7) is 4.63. The van der Waals surface area contributed by atoms with Crippen LogP contribution in [-0.4, -0.2) is 63.2 Å². The molecule has 1 fully saturated rings. The normalized spacial score (nSPS) is 13.9. The lowest BCUT2D eigenvalue weighted by atomic mass is 10.2. The first kappa shape index (κ1) is 21.7. The van der Waals surface area contributed by atoms with Gasteiger partial charge in [-0.15, -0.1) is 0 Å². The summed E-state index contributed by atoms with van der Waals surface area (Å²) in [5.41, 5.74) is 2.01. The Morgan fingerprint density at radius 2 is 1.84 bits per heavy atom. The molecule has 8 heteroatoms. The van der Waals surface area contributed by atoms with Gasteiger partial charge >= 0.3 is 0 Å². The van der Waals surface area contributed by atoms with Crippen molar-refractivity contribution in [2.45, 2.75) is 6.92 Å². The van der Waals surface area contributed by atoms with E-state index in [1.54, 1.807) is 18.1 Å². The van der Waals surface area contributed by atoms with Crippen LogP contribution in [0, 0.1) is 0 Å². The summed E-state index contributed by atoms with van der Waals surface area (Å²) in [6, 6.07) is 15.2. The van der Waals surface area contributed by atoms with Gasteiger partial charge in [0.05, 0.1) is 7.11 Å². The molecule has 0 radical (unpaired) electrons. The highest BCUT2D eigenvalue weighted by atomic mass is 16.5. The van der Waals surface area contributed by atoms with E-state index in [9.17, 15) is 9.59 Å². The fraction of sp³-hybridized carbons (Fsp3) is 0.333. The molecule has 168 valence electrons. The number of amides is 2. The lowest BCUT2D eigenvalue weighted by molar-refractivity contribution is -0.120. The minimum Gasteiger partial charge on any atom is -0.497 e. The van der Waals surface area contributed by atoms with Crippen LogP contribution in [0.5, 0.6) is 5.75 Å². The highest BCUT2D eigenvalue weighted by Crippen LogP contribution is 2.32. The second-order valence-electron chi connectivity index (χ2n) is 7.47. The van der Waals surface area contributed by atoms with Crippen molar-refractivity contribution in [3.63, 3.8) is 0 Å². The van der Waals surface area contributed by atoms with Crippen LogP contribution in [-0.2, 0) is 9.53 Å². The Labute approximate surface area is 186 Å². The Hall–Kier alpha value is -3.52. The zero-order chi connectivity index (χ0) is 22.5. The van der Waals surface area contributed by atoms with Crippen molar-refractivity contribution in [1.29, 1.82) is 0 Å². The van der Waals surface area contributed by atoms with Crippen LogP contribution in [0.2, 0.25) is 0 Å². The molecule has 8 nitrogen and oxygen atoms in total. The molecule has 3 aromatic rings. The summed E-state index contributed by atoms with van der Waals surface area (Å²) in [5, 5.41) is 3.50. The number of anilines is 2. The van der Waals surface area contributed by atoms with Crippen molar-refractivity contribution in [2.24, 2.45) is 0 Å². The number of piperazine rings is 1. The minimum atomic E-state index is -0.324. The average Bonchev–Trinajstić information content (AvgIpc) is 3.20. The SMILES string of the molecule is CCOCC(=O)Nc1c(C(=O)N2CCN(c3cccc(OC)c3)CC2)oc2ccccc12. The van der Waals surface area contributed by atoms with Crippen molar-refractivity contribution in [1.82, 2.24) is 4.90 Å². The monoisotopic (exact) mass is 437 g/mol. The first-order chi connectivity index (χ1) is 15.6. The third-order valence-electron chi connectivity index (χ3n) is 5.48. The number of para-hydroxylation sites is 1. The third-order valence-corrected chi connectivity index (χ3v) is 5.48. The Balaban J connectivity index is 1.51. The van der Waals surface area contributed by atoms with Gasteiger partial charge in [0, 0.05) is 49.9 Å². The summed E-state index contributed by atoms with van der Waals surface area (Å²) in [5.74, 6) is 0.384. The predicted molar refractivity (Wildman–Crippen MR) is 122 cm³/mol. The van der Waals surface area contributed by atoms with E-state index in [4.69, 9.17) is 13.9 Å². The lowest BCUT2D eigenvalue weighted by Crippen LogP contribution is -2.48. The number of hydrogen-bond acceptors (Lipinski definition) is 6. The molecular formula is C24H27N3O5. The molecule has 2 heterocycles. The Morgan fingerprint density at radius 3 is 2.59 bits per heavy atom. The molecule has 0 spiro atoms. The van der Waals surface area contributed by atoms with Gasteiger partial charge in [-0.2, -0.15) is 0 Å². The molecule has 1 aliphatic heterocycles. The van der Waals surface area contributed by atoms with E-state index in [1.165, 1.54) is 0 Å². The van der Waals surface area contributed by atoms with Gasteiger partial charge in [-0.3, -0.25) is 9.59 Å². The molecule has 0 saturated carbocycles. The van der Waals surface area contributed by atoms with E-state index in [0.29, 0.717) is 49.4 Å². The van der Waals surface area contributed by atoms with Gasteiger partial charge in [0.25, 0.3) is 5.91 Å². The smallest absolute Gasteiger partial charge is 0.291 e. The summed E-state index contributed by atoms with van der Waals surface area (Å²) in [4.78, 5) is 29.6. The van der Waals surface area contributed by atoms with E-state index in [-0.39, 0.29) is 24.2 Å². The summed E-state index contributed by atoms with van der Waals surface area (Å²) < 4.78 is 16.4. The number of methoxy groups -OCH3 is 1. The molecule has 2 amide bonds. The summed E-state index contributed by atoms with van der Waals surface area (Å²) >= 11 is 0. The number of nitrogens with one attached hydrogen (secondary N) is 1. The number of fused-ring (bicyclic) bond motifs is 1. The molecule has 1 aromatic heterocycles. The topological polar surface area (TPSA) is 84.2 Å². The fourth-order valence-corrected chi connectivity index (χ4v) is 3.81. The number of nitrogens with zero attached hydrogens (tertiary/aromatic N) is 2. The van der Waals surface area contributed by atoms with Crippen LogP contribution in [0.15, 0.2) is 52.9 Å². The molecule has 32 heavy (non-hydrogen) atoms. The number of hydrogen-bond donors (Lipinski definition) is 1. The van der Waals surface area contributed by atoms with Gasteiger partial charge in [0.15, 0.2) is 0 Å². The zero-order valence-electron chi connectivity index (χ0n) is 18.3. The maximum absolute atomic E-state index is 13.3. The maximum Gasteiger partial charge on any atom is 0.291 e. The Bertz CT molecular complexity index is 1100. The number of ether oxygens (including phenoxy) is 2. The number of carbonyl (C=O) groups is 2. The van der Waals surface area contributed by atoms with Crippen molar-refractivity contribution >= 4 is 34.2 Å². The molecule has 1 N–H and O–H groups in total. The van der Waals surface area contributed by atoms with E-state index in [2.05, 4.69) is 10.2 Å². The first-order valence-corrected chi connectivity index (χ1v) is 10.7. The molecule has 0 atom stereocenters. The van der Waals surface area contributed by atoms with Crippen LogP contribution >= 0.6 is 0 Å². The van der Waals surface area contributed by atoms with Gasteiger partial charge in [-0.05, 0) is 31.2 Å². The maximum atomic E-state index is 13.3. The van der Waals surface area contributed by atoms with Gasteiger partial charge in [0.1, 0.15) is 23.6 Å². The van der Waals surface area contributed by atoms with Crippen LogP contribution in [0.3, 0.4) is 0 Å². The number of furan rings is 1. The number of benzene rings is 2. The Morgan fingerprint density at radius 1 is 1.06 bits per heavy atom. The fourth-order valence-electron chi connectivity index (χ4n) is 3.81.